The number of aromatic nitrogens is 1. The summed E-state index contributed by atoms with van der Waals surface area (Å²) < 4.78 is 0. The van der Waals surface area contributed by atoms with E-state index in [9.17, 15) is 0 Å². The maximum Gasteiger partial charge on any atom is 0.0460 e. The number of fused-ring (bicyclic) bond motifs is 3. The highest BCUT2D eigenvalue weighted by Crippen LogP contribution is 2.39. The van der Waals surface area contributed by atoms with Crippen LogP contribution in [0.4, 0.5) is 0 Å². The Kier molecular flexibility index (Phi) is 2.44. The molecule has 1 aliphatic carbocycles. The highest BCUT2D eigenvalue weighted by atomic mass is 15.2. The van der Waals surface area contributed by atoms with Crippen LogP contribution < -0.4 is 0 Å². The predicted molar refractivity (Wildman–Crippen MR) is 79.8 cm³/mol. The van der Waals surface area contributed by atoms with Gasteiger partial charge in [-0.1, -0.05) is 25.1 Å². The van der Waals surface area contributed by atoms with E-state index in [-0.39, 0.29) is 0 Å². The van der Waals surface area contributed by atoms with Gasteiger partial charge in [0, 0.05) is 30.0 Å². The van der Waals surface area contributed by atoms with Crippen LogP contribution in [-0.4, -0.2) is 22.5 Å². The highest BCUT2D eigenvalue weighted by Gasteiger charge is 2.35. The molecule has 1 saturated heterocycles. The molecule has 2 atom stereocenters. The third-order valence-corrected chi connectivity index (χ3v) is 4.89. The quantitative estimate of drug-likeness (QED) is 0.855. The van der Waals surface area contributed by atoms with Crippen LogP contribution in [0.15, 0.2) is 37.0 Å². The van der Waals surface area contributed by atoms with Crippen LogP contribution in [0.3, 0.4) is 0 Å². The Morgan fingerprint density at radius 2 is 2.21 bits per heavy atom. The van der Waals surface area contributed by atoms with E-state index in [1.807, 2.05) is 6.20 Å². The van der Waals surface area contributed by atoms with Crippen molar-refractivity contribution in [3.05, 3.63) is 42.6 Å². The van der Waals surface area contributed by atoms with Crippen molar-refractivity contribution in [2.45, 2.75) is 31.7 Å². The molecule has 2 nitrogen and oxygen atoms in total. The monoisotopic (exact) mass is 252 g/mol. The van der Waals surface area contributed by atoms with E-state index in [0.717, 1.165) is 12.0 Å². The van der Waals surface area contributed by atoms with E-state index in [2.05, 4.69) is 40.7 Å². The SMILES string of the molecule is C=C(c1ccc2cc[nH]c2c1)N1CC2CCCC1C2. The van der Waals surface area contributed by atoms with Crippen molar-refractivity contribution < 1.29 is 0 Å². The Morgan fingerprint density at radius 1 is 1.26 bits per heavy atom. The van der Waals surface area contributed by atoms with Crippen molar-refractivity contribution in [2.75, 3.05) is 6.54 Å². The molecular weight excluding hydrogens is 232 g/mol. The number of rotatable bonds is 2. The summed E-state index contributed by atoms with van der Waals surface area (Å²) in [5.74, 6) is 0.907. The molecule has 19 heavy (non-hydrogen) atoms. The summed E-state index contributed by atoms with van der Waals surface area (Å²) in [6.07, 6.45) is 7.54. The number of hydrogen-bond donors (Lipinski definition) is 1. The van der Waals surface area contributed by atoms with E-state index in [0.29, 0.717) is 0 Å². The maximum atomic E-state index is 4.37. The van der Waals surface area contributed by atoms with Gasteiger partial charge in [-0.3, -0.25) is 0 Å². The Morgan fingerprint density at radius 3 is 3.11 bits per heavy atom. The van der Waals surface area contributed by atoms with Gasteiger partial charge in [0.25, 0.3) is 0 Å². The van der Waals surface area contributed by atoms with Crippen LogP contribution in [0.5, 0.6) is 0 Å². The minimum Gasteiger partial charge on any atom is -0.368 e. The molecule has 2 heteroatoms. The molecule has 4 rings (SSSR count). The molecule has 0 radical (unpaired) electrons. The van der Waals surface area contributed by atoms with Crippen LogP contribution in [0, 0.1) is 5.92 Å². The van der Waals surface area contributed by atoms with Crippen molar-refractivity contribution in [3.63, 3.8) is 0 Å². The summed E-state index contributed by atoms with van der Waals surface area (Å²) in [4.78, 5) is 5.85. The van der Waals surface area contributed by atoms with Gasteiger partial charge in [0.05, 0.1) is 0 Å². The number of hydrogen-bond acceptors (Lipinski definition) is 1. The zero-order valence-electron chi connectivity index (χ0n) is 11.2. The van der Waals surface area contributed by atoms with Crippen molar-refractivity contribution in [1.82, 2.24) is 9.88 Å². The number of H-pyrrole nitrogens is 1. The van der Waals surface area contributed by atoms with Crippen LogP contribution in [0.25, 0.3) is 16.6 Å². The first-order chi connectivity index (χ1) is 9.31. The molecule has 1 aromatic heterocycles. The lowest BCUT2D eigenvalue weighted by atomic mass is 9.90. The maximum absolute atomic E-state index is 4.37. The normalized spacial score (nSPS) is 26.0. The van der Waals surface area contributed by atoms with E-state index >= 15 is 0 Å². The summed E-state index contributed by atoms with van der Waals surface area (Å²) in [6, 6.07) is 9.49. The average molecular weight is 252 g/mol. The Bertz CT molecular complexity index is 625. The summed E-state index contributed by atoms with van der Waals surface area (Å²) >= 11 is 0. The number of benzene rings is 1. The zero-order chi connectivity index (χ0) is 12.8. The fraction of sp³-hybridized carbons (Fsp3) is 0.412. The summed E-state index contributed by atoms with van der Waals surface area (Å²) in [7, 11) is 0. The first-order valence-electron chi connectivity index (χ1n) is 7.34. The second kappa shape index (κ2) is 4.16. The fourth-order valence-corrected chi connectivity index (χ4v) is 3.86. The van der Waals surface area contributed by atoms with Gasteiger partial charge < -0.3 is 9.88 Å². The lowest BCUT2D eigenvalue weighted by Crippen LogP contribution is -2.26. The van der Waals surface area contributed by atoms with Gasteiger partial charge in [0.1, 0.15) is 0 Å². The molecule has 2 heterocycles. The summed E-state index contributed by atoms with van der Waals surface area (Å²) in [5, 5.41) is 1.27. The predicted octanol–water partition coefficient (Wildman–Crippen LogP) is 4.01. The van der Waals surface area contributed by atoms with E-state index in [4.69, 9.17) is 0 Å². The standard InChI is InChI=1S/C17H20N2/c1-12(19-11-13-3-2-4-16(19)9-13)15-6-5-14-7-8-18-17(14)10-15/h5-8,10,13,16,18H,1-4,9,11H2. The van der Waals surface area contributed by atoms with E-state index in [1.165, 1.54) is 54.4 Å². The molecule has 1 saturated carbocycles. The number of nitrogens with zero attached hydrogens (tertiary/aromatic N) is 1. The Balaban J connectivity index is 1.66. The number of nitrogens with one attached hydrogen (secondary N) is 1. The van der Waals surface area contributed by atoms with Gasteiger partial charge in [-0.15, -0.1) is 0 Å². The lowest BCUT2D eigenvalue weighted by molar-refractivity contribution is 0.341. The summed E-state index contributed by atoms with van der Waals surface area (Å²) in [5.41, 5.74) is 3.69. The van der Waals surface area contributed by atoms with Gasteiger partial charge in [0.15, 0.2) is 0 Å². The fourth-order valence-electron chi connectivity index (χ4n) is 3.86. The Labute approximate surface area is 114 Å². The molecule has 0 spiro atoms. The number of aromatic amines is 1. The molecule has 98 valence electrons. The van der Waals surface area contributed by atoms with Crippen LogP contribution in [-0.2, 0) is 0 Å². The third kappa shape index (κ3) is 1.78. The second-order valence-corrected chi connectivity index (χ2v) is 6.07. The van der Waals surface area contributed by atoms with Gasteiger partial charge in [-0.2, -0.15) is 0 Å². The molecule has 2 aromatic rings. The van der Waals surface area contributed by atoms with Gasteiger partial charge in [0.2, 0.25) is 0 Å². The second-order valence-electron chi connectivity index (χ2n) is 6.07. The largest absolute Gasteiger partial charge is 0.368 e. The molecular formula is C17H20N2. The Hall–Kier alpha value is -1.70. The average Bonchev–Trinajstić information content (AvgIpc) is 3.01. The molecule has 1 N–H and O–H groups in total. The minimum atomic E-state index is 0.741. The zero-order valence-corrected chi connectivity index (χ0v) is 11.2. The van der Waals surface area contributed by atoms with Crippen molar-refractivity contribution in [1.29, 1.82) is 0 Å². The van der Waals surface area contributed by atoms with Crippen molar-refractivity contribution >= 4 is 16.6 Å². The van der Waals surface area contributed by atoms with Crippen LogP contribution in [0.2, 0.25) is 0 Å². The summed E-state index contributed by atoms with van der Waals surface area (Å²) in [6.45, 7) is 5.59. The highest BCUT2D eigenvalue weighted by molar-refractivity contribution is 5.83. The van der Waals surface area contributed by atoms with Crippen LogP contribution in [0.1, 0.15) is 31.2 Å². The third-order valence-electron chi connectivity index (χ3n) is 4.89. The first-order valence-corrected chi connectivity index (χ1v) is 7.34. The van der Waals surface area contributed by atoms with Gasteiger partial charge >= 0.3 is 0 Å². The van der Waals surface area contributed by atoms with Crippen molar-refractivity contribution in [2.24, 2.45) is 5.92 Å². The molecule has 1 aromatic carbocycles. The smallest absolute Gasteiger partial charge is 0.0460 e. The molecule has 2 bridgehead atoms. The molecule has 2 unspecified atom stereocenters. The van der Waals surface area contributed by atoms with E-state index < -0.39 is 0 Å². The molecule has 0 amide bonds. The topological polar surface area (TPSA) is 19.0 Å². The molecule has 1 aliphatic heterocycles. The molecule has 2 fully saturated rings. The molecule has 2 aliphatic rings. The first kappa shape index (κ1) is 11.2. The van der Waals surface area contributed by atoms with Gasteiger partial charge in [-0.05, 0) is 48.3 Å². The van der Waals surface area contributed by atoms with Crippen LogP contribution >= 0.6 is 0 Å². The van der Waals surface area contributed by atoms with E-state index in [1.54, 1.807) is 0 Å². The van der Waals surface area contributed by atoms with Crippen molar-refractivity contribution in [3.8, 4) is 0 Å². The lowest BCUT2D eigenvalue weighted by Gasteiger charge is -2.28. The number of likely N-dealkylation sites (tertiary alicyclic amines) is 1. The minimum absolute atomic E-state index is 0.741. The van der Waals surface area contributed by atoms with Gasteiger partial charge in [-0.25, -0.2) is 0 Å².